The second-order valence-electron chi connectivity index (χ2n) is 8.35. The number of primary amides is 1. The van der Waals surface area contributed by atoms with Crippen LogP contribution in [0.5, 0.6) is 5.75 Å². The summed E-state index contributed by atoms with van der Waals surface area (Å²) in [5, 5.41) is 21.0. The number of benzene rings is 2. The number of carbonyl (C=O) groups excluding carboxylic acids is 1. The van der Waals surface area contributed by atoms with Crippen molar-refractivity contribution < 1.29 is 19.0 Å². The van der Waals surface area contributed by atoms with Crippen LogP contribution in [-0.4, -0.2) is 59.5 Å². The van der Waals surface area contributed by atoms with E-state index >= 15 is 0 Å². The van der Waals surface area contributed by atoms with Crippen molar-refractivity contribution in [3.8, 4) is 5.75 Å². The van der Waals surface area contributed by atoms with Crippen LogP contribution < -0.4 is 15.8 Å². The van der Waals surface area contributed by atoms with Gasteiger partial charge in [0.05, 0.1) is 30.6 Å². The van der Waals surface area contributed by atoms with Crippen LogP contribution in [0.2, 0.25) is 0 Å². The number of anilines is 2. The summed E-state index contributed by atoms with van der Waals surface area (Å²) in [6.45, 7) is 4.34. The molecule has 1 aliphatic heterocycles. The molecule has 2 aromatic carbocycles. The normalized spacial score (nSPS) is 15.0. The fraction of sp³-hybridized carbons (Fsp3) is 0.375. The maximum absolute atomic E-state index is 14.6. The predicted octanol–water partition coefficient (Wildman–Crippen LogP) is 3.10. The molecule has 0 radical (unpaired) electrons. The van der Waals surface area contributed by atoms with Gasteiger partial charge in [-0.1, -0.05) is 6.07 Å². The number of nitrogens with two attached hydrogens (primary N) is 1. The largest absolute Gasteiger partial charge is 0.496 e. The molecule has 0 atom stereocenters. The molecule has 4 N–H and O–H groups in total. The molecular formula is C24H28FN5O3. The number of aryl methyl sites for hydroxylation is 1. The number of likely N-dealkylation sites (tertiary alicyclic amines) is 1. The van der Waals surface area contributed by atoms with Crippen LogP contribution in [0.3, 0.4) is 0 Å². The van der Waals surface area contributed by atoms with Gasteiger partial charge in [0.15, 0.2) is 5.69 Å². The van der Waals surface area contributed by atoms with Crippen LogP contribution in [0, 0.1) is 12.7 Å². The van der Waals surface area contributed by atoms with Gasteiger partial charge in [-0.2, -0.15) is 0 Å². The molecule has 0 unspecified atom stereocenters. The summed E-state index contributed by atoms with van der Waals surface area (Å²) in [4.78, 5) is 14.4. The number of ether oxygens (including phenoxy) is 1. The molecule has 9 heteroatoms. The van der Waals surface area contributed by atoms with E-state index in [9.17, 15) is 14.3 Å². The van der Waals surface area contributed by atoms with Crippen molar-refractivity contribution in [2.45, 2.75) is 25.7 Å². The molecule has 4 rings (SSSR count). The highest BCUT2D eigenvalue weighted by Crippen LogP contribution is 2.39. The number of rotatable bonds is 7. The number of carbonyl (C=O) groups is 1. The monoisotopic (exact) mass is 453 g/mol. The Bertz CT molecular complexity index is 1180. The van der Waals surface area contributed by atoms with Crippen LogP contribution in [-0.2, 0) is 0 Å². The van der Waals surface area contributed by atoms with Gasteiger partial charge in [-0.25, -0.2) is 4.39 Å². The highest BCUT2D eigenvalue weighted by molar-refractivity contribution is 6.06. The van der Waals surface area contributed by atoms with E-state index in [1.54, 1.807) is 32.2 Å². The Labute approximate surface area is 191 Å². The third-order valence-electron chi connectivity index (χ3n) is 6.17. The van der Waals surface area contributed by atoms with E-state index in [1.807, 2.05) is 6.07 Å². The van der Waals surface area contributed by atoms with Gasteiger partial charge in [0.1, 0.15) is 11.6 Å². The van der Waals surface area contributed by atoms with Gasteiger partial charge in [-0.15, -0.1) is 10.2 Å². The van der Waals surface area contributed by atoms with Gasteiger partial charge in [0.2, 0.25) is 0 Å². The molecule has 0 aliphatic carbocycles. The summed E-state index contributed by atoms with van der Waals surface area (Å²) in [7, 11) is 1.61. The smallest absolute Gasteiger partial charge is 0.271 e. The Morgan fingerprint density at radius 2 is 2.03 bits per heavy atom. The van der Waals surface area contributed by atoms with Crippen molar-refractivity contribution in [1.29, 1.82) is 0 Å². The average Bonchev–Trinajstić information content (AvgIpc) is 2.80. The first kappa shape index (κ1) is 22.9. The highest BCUT2D eigenvalue weighted by atomic mass is 19.1. The standard InChI is InChI=1S/C24H28FN5O3/c1-14-3-4-19(18(25)11-14)27-22-17-12-16(15-5-7-30(8-6-15)9-10-31)21(33-2)13-20(17)28-29-23(22)24(26)32/h3-4,11-13,15,31H,5-10H2,1-2H3,(H2,26,32)(H,27,28). The number of aliphatic hydroxyl groups excluding tert-OH is 1. The molecule has 1 amide bonds. The summed E-state index contributed by atoms with van der Waals surface area (Å²) in [6.07, 6.45) is 1.80. The molecule has 1 fully saturated rings. The van der Waals surface area contributed by atoms with Crippen LogP contribution >= 0.6 is 0 Å². The summed E-state index contributed by atoms with van der Waals surface area (Å²) < 4.78 is 20.3. The van der Waals surface area contributed by atoms with Gasteiger partial charge in [0, 0.05) is 18.0 Å². The molecule has 0 saturated carbocycles. The topological polar surface area (TPSA) is 114 Å². The molecule has 1 aliphatic rings. The Morgan fingerprint density at radius 3 is 2.67 bits per heavy atom. The van der Waals surface area contributed by atoms with Gasteiger partial charge in [-0.3, -0.25) is 4.79 Å². The SMILES string of the molecule is COc1cc2nnc(C(N)=O)c(Nc3ccc(C)cc3F)c2cc1C1CCN(CCO)CC1. The zero-order valence-electron chi connectivity index (χ0n) is 18.8. The number of fused-ring (bicyclic) bond motifs is 1. The van der Waals surface area contributed by atoms with E-state index < -0.39 is 11.7 Å². The fourth-order valence-corrected chi connectivity index (χ4v) is 4.41. The molecule has 3 aromatic rings. The van der Waals surface area contributed by atoms with Crippen LogP contribution in [0.25, 0.3) is 10.9 Å². The highest BCUT2D eigenvalue weighted by Gasteiger charge is 2.25. The Hall–Kier alpha value is -3.30. The minimum atomic E-state index is -0.755. The maximum Gasteiger partial charge on any atom is 0.271 e. The van der Waals surface area contributed by atoms with E-state index in [-0.39, 0.29) is 23.9 Å². The van der Waals surface area contributed by atoms with Gasteiger partial charge >= 0.3 is 0 Å². The second kappa shape index (κ2) is 9.68. The zero-order valence-corrected chi connectivity index (χ0v) is 18.8. The number of β-amino-alcohol motifs (C(OH)–C–C–N with tert-alkyl or cyclic N) is 1. The number of aromatic nitrogens is 2. The Balaban J connectivity index is 1.81. The number of hydrogen-bond donors (Lipinski definition) is 3. The number of amides is 1. The van der Waals surface area contributed by atoms with Crippen molar-refractivity contribution >= 4 is 28.2 Å². The molecule has 1 aromatic heterocycles. The second-order valence-corrected chi connectivity index (χ2v) is 8.35. The minimum absolute atomic E-state index is 0.0589. The summed E-state index contributed by atoms with van der Waals surface area (Å²) in [5.41, 5.74) is 8.33. The number of hydrogen-bond acceptors (Lipinski definition) is 7. The lowest BCUT2D eigenvalue weighted by atomic mass is 9.87. The minimum Gasteiger partial charge on any atom is -0.496 e. The van der Waals surface area contributed by atoms with E-state index in [0.29, 0.717) is 28.9 Å². The van der Waals surface area contributed by atoms with Gasteiger partial charge in [-0.05, 0) is 68.1 Å². The van der Waals surface area contributed by atoms with Gasteiger partial charge in [0.25, 0.3) is 5.91 Å². The Kier molecular flexibility index (Phi) is 6.71. The molecule has 33 heavy (non-hydrogen) atoms. The lowest BCUT2D eigenvalue weighted by molar-refractivity contribution is 0.0995. The van der Waals surface area contributed by atoms with Crippen molar-refractivity contribution in [3.05, 3.63) is 53.0 Å². The first-order valence-electron chi connectivity index (χ1n) is 11.0. The first-order valence-corrected chi connectivity index (χ1v) is 11.0. The molecule has 8 nitrogen and oxygen atoms in total. The molecular weight excluding hydrogens is 425 g/mol. The first-order chi connectivity index (χ1) is 15.9. The molecule has 174 valence electrons. The quantitative estimate of drug-likeness (QED) is 0.504. The number of methoxy groups -OCH3 is 1. The van der Waals surface area contributed by atoms with Crippen LogP contribution in [0.15, 0.2) is 30.3 Å². The van der Waals surface area contributed by atoms with Crippen LogP contribution in [0.4, 0.5) is 15.8 Å². The third kappa shape index (κ3) is 4.74. The predicted molar refractivity (Wildman–Crippen MR) is 125 cm³/mol. The van der Waals surface area contributed by atoms with E-state index in [2.05, 4.69) is 20.4 Å². The number of piperidine rings is 1. The summed E-state index contributed by atoms with van der Waals surface area (Å²) >= 11 is 0. The molecule has 1 saturated heterocycles. The van der Waals surface area contributed by atoms with Gasteiger partial charge < -0.3 is 25.8 Å². The third-order valence-corrected chi connectivity index (χ3v) is 6.17. The Morgan fingerprint density at radius 1 is 1.27 bits per heavy atom. The van der Waals surface area contributed by atoms with Crippen molar-refractivity contribution in [1.82, 2.24) is 15.1 Å². The van der Waals surface area contributed by atoms with Crippen LogP contribution in [0.1, 0.15) is 40.4 Å². The number of aliphatic hydroxyl groups is 1. The molecule has 2 heterocycles. The van der Waals surface area contributed by atoms with E-state index in [1.165, 1.54) is 6.07 Å². The molecule has 0 bridgehead atoms. The average molecular weight is 454 g/mol. The lowest BCUT2D eigenvalue weighted by Gasteiger charge is -2.32. The van der Waals surface area contributed by atoms with E-state index in [4.69, 9.17) is 10.5 Å². The summed E-state index contributed by atoms with van der Waals surface area (Å²) in [6, 6.07) is 8.54. The zero-order chi connectivity index (χ0) is 23.5. The number of nitrogens with one attached hydrogen (secondary N) is 1. The maximum atomic E-state index is 14.6. The van der Waals surface area contributed by atoms with Crippen molar-refractivity contribution in [3.63, 3.8) is 0 Å². The fourth-order valence-electron chi connectivity index (χ4n) is 4.41. The number of halogens is 1. The summed E-state index contributed by atoms with van der Waals surface area (Å²) in [5.74, 6) is -0.278. The van der Waals surface area contributed by atoms with Crippen molar-refractivity contribution in [2.24, 2.45) is 5.73 Å². The van der Waals surface area contributed by atoms with Crippen molar-refractivity contribution in [2.75, 3.05) is 38.7 Å². The number of nitrogens with zero attached hydrogens (tertiary/aromatic N) is 3. The van der Waals surface area contributed by atoms with E-state index in [0.717, 1.165) is 37.1 Å². The lowest BCUT2D eigenvalue weighted by Crippen LogP contribution is -2.35. The molecule has 0 spiro atoms.